The van der Waals surface area contributed by atoms with Gasteiger partial charge in [-0.05, 0) is 42.7 Å². The zero-order valence-corrected chi connectivity index (χ0v) is 13.2. The van der Waals surface area contributed by atoms with Crippen LogP contribution in [-0.2, 0) is 6.54 Å². The molecule has 0 aromatic heterocycles. The average Bonchev–Trinajstić information content (AvgIpc) is 3.31. The Balaban J connectivity index is 1.96. The van der Waals surface area contributed by atoms with Gasteiger partial charge in [-0.1, -0.05) is 34.1 Å². The number of hydrogen-bond acceptors (Lipinski definition) is 3. The highest BCUT2D eigenvalue weighted by molar-refractivity contribution is 9.10. The van der Waals surface area contributed by atoms with Crippen molar-refractivity contribution >= 4 is 27.3 Å². The maximum atomic E-state index is 9.39. The van der Waals surface area contributed by atoms with Crippen molar-refractivity contribution in [2.75, 3.05) is 10.6 Å². The summed E-state index contributed by atoms with van der Waals surface area (Å²) in [7, 11) is 0. The molecule has 1 fully saturated rings. The maximum Gasteiger partial charge on any atom is 0.101 e. The molecule has 0 amide bonds. The third-order valence-electron chi connectivity index (χ3n) is 3.77. The molecule has 3 rings (SSSR count). The maximum absolute atomic E-state index is 9.39. The highest BCUT2D eigenvalue weighted by atomic mass is 79.9. The Kier molecular flexibility index (Phi) is 3.85. The molecule has 2 aromatic rings. The van der Waals surface area contributed by atoms with Crippen molar-refractivity contribution in [1.29, 1.82) is 5.26 Å². The molecule has 2 aromatic carbocycles. The molecule has 0 bridgehead atoms. The monoisotopic (exact) mass is 341 g/mol. The van der Waals surface area contributed by atoms with Gasteiger partial charge in [0.2, 0.25) is 0 Å². The highest BCUT2D eigenvalue weighted by Gasteiger charge is 2.30. The lowest BCUT2D eigenvalue weighted by Crippen LogP contribution is -2.26. The van der Waals surface area contributed by atoms with Crippen LogP contribution in [-0.4, -0.2) is 6.04 Å². The van der Waals surface area contributed by atoms with Crippen LogP contribution in [0.15, 0.2) is 46.9 Å². The average molecular weight is 342 g/mol. The number of anilines is 2. The van der Waals surface area contributed by atoms with Crippen molar-refractivity contribution < 1.29 is 0 Å². The first-order chi connectivity index (χ1) is 10.2. The fraction of sp³-hybridized carbons (Fsp3) is 0.235. The third-order valence-corrected chi connectivity index (χ3v) is 4.27. The molecule has 0 aliphatic heterocycles. The van der Waals surface area contributed by atoms with Crippen LogP contribution in [0.2, 0.25) is 0 Å². The smallest absolute Gasteiger partial charge is 0.101 e. The number of nitrogens with zero attached hydrogens (tertiary/aromatic N) is 2. The van der Waals surface area contributed by atoms with Gasteiger partial charge in [0.15, 0.2) is 0 Å². The van der Waals surface area contributed by atoms with Gasteiger partial charge >= 0.3 is 0 Å². The number of nitrogen functional groups attached to an aromatic ring is 1. The summed E-state index contributed by atoms with van der Waals surface area (Å²) < 4.78 is 0.928. The van der Waals surface area contributed by atoms with E-state index in [1.165, 1.54) is 12.8 Å². The molecule has 21 heavy (non-hydrogen) atoms. The first-order valence-corrected chi connectivity index (χ1v) is 7.78. The Morgan fingerprint density at radius 2 is 2.00 bits per heavy atom. The van der Waals surface area contributed by atoms with Gasteiger partial charge in [0.05, 0.1) is 11.3 Å². The second-order valence-electron chi connectivity index (χ2n) is 5.33. The summed E-state index contributed by atoms with van der Waals surface area (Å²) in [6, 6.07) is 16.6. The second-order valence-corrected chi connectivity index (χ2v) is 6.25. The standard InChI is InChI=1S/C17H16BrN3/c18-14-5-8-17(13(9-14)10-19)21(15-6-7-15)11-12-3-1-2-4-16(12)20/h1-5,8-9,15H,6-7,11,20H2. The SMILES string of the molecule is N#Cc1cc(Br)ccc1N(Cc1ccccc1N)C1CC1. The predicted octanol–water partition coefficient (Wildman–Crippen LogP) is 4.07. The summed E-state index contributed by atoms with van der Waals surface area (Å²) >= 11 is 3.43. The van der Waals surface area contributed by atoms with Gasteiger partial charge < -0.3 is 10.6 Å². The molecule has 0 spiro atoms. The normalized spacial score (nSPS) is 13.7. The number of para-hydroxylation sites is 1. The van der Waals surface area contributed by atoms with E-state index in [-0.39, 0.29) is 0 Å². The topological polar surface area (TPSA) is 53.0 Å². The lowest BCUT2D eigenvalue weighted by molar-refractivity contribution is 0.794. The summed E-state index contributed by atoms with van der Waals surface area (Å²) in [5.41, 5.74) is 9.67. The number of rotatable bonds is 4. The van der Waals surface area contributed by atoms with Gasteiger partial charge in [-0.25, -0.2) is 0 Å². The van der Waals surface area contributed by atoms with Crippen molar-refractivity contribution in [2.45, 2.75) is 25.4 Å². The zero-order chi connectivity index (χ0) is 14.8. The Bertz CT molecular complexity index is 701. The highest BCUT2D eigenvalue weighted by Crippen LogP contribution is 2.36. The van der Waals surface area contributed by atoms with Crippen molar-refractivity contribution in [3.8, 4) is 6.07 Å². The number of nitrogens with two attached hydrogens (primary N) is 1. The molecule has 1 aliphatic carbocycles. The second kappa shape index (κ2) is 5.79. The van der Waals surface area contributed by atoms with E-state index in [9.17, 15) is 5.26 Å². The molecule has 106 valence electrons. The van der Waals surface area contributed by atoms with Crippen LogP contribution in [0, 0.1) is 11.3 Å². The molecular formula is C17H16BrN3. The zero-order valence-electron chi connectivity index (χ0n) is 11.6. The summed E-state index contributed by atoms with van der Waals surface area (Å²) in [5, 5.41) is 9.39. The van der Waals surface area contributed by atoms with Crippen LogP contribution in [0.3, 0.4) is 0 Å². The summed E-state index contributed by atoms with van der Waals surface area (Å²) in [6.07, 6.45) is 2.35. The summed E-state index contributed by atoms with van der Waals surface area (Å²) in [6.45, 7) is 0.744. The van der Waals surface area contributed by atoms with Gasteiger partial charge in [0.25, 0.3) is 0 Å². The molecule has 2 N–H and O–H groups in total. The Hall–Kier alpha value is -1.99. The van der Waals surface area contributed by atoms with E-state index < -0.39 is 0 Å². The Labute approximate surface area is 133 Å². The number of hydrogen-bond donors (Lipinski definition) is 1. The first-order valence-electron chi connectivity index (χ1n) is 6.98. The van der Waals surface area contributed by atoms with Gasteiger partial charge in [-0.2, -0.15) is 5.26 Å². The van der Waals surface area contributed by atoms with Gasteiger partial charge in [0.1, 0.15) is 6.07 Å². The molecule has 1 saturated carbocycles. The predicted molar refractivity (Wildman–Crippen MR) is 88.9 cm³/mol. The van der Waals surface area contributed by atoms with Crippen LogP contribution in [0.4, 0.5) is 11.4 Å². The molecule has 0 saturated heterocycles. The molecule has 4 heteroatoms. The third kappa shape index (κ3) is 3.03. The van der Waals surface area contributed by atoms with E-state index in [1.807, 2.05) is 36.4 Å². The number of benzene rings is 2. The van der Waals surface area contributed by atoms with E-state index in [4.69, 9.17) is 5.73 Å². The molecule has 0 unspecified atom stereocenters. The van der Waals surface area contributed by atoms with Crippen molar-refractivity contribution in [2.24, 2.45) is 0 Å². The largest absolute Gasteiger partial charge is 0.398 e. The van der Waals surface area contributed by atoms with Gasteiger partial charge in [-0.15, -0.1) is 0 Å². The molecular weight excluding hydrogens is 326 g/mol. The fourth-order valence-electron chi connectivity index (χ4n) is 2.51. The molecule has 0 radical (unpaired) electrons. The van der Waals surface area contributed by atoms with Gasteiger partial charge in [-0.3, -0.25) is 0 Å². The van der Waals surface area contributed by atoms with Crippen LogP contribution in [0.1, 0.15) is 24.0 Å². The fourth-order valence-corrected chi connectivity index (χ4v) is 2.87. The minimum absolute atomic E-state index is 0.512. The van der Waals surface area contributed by atoms with E-state index in [0.717, 1.165) is 28.0 Å². The molecule has 0 heterocycles. The summed E-state index contributed by atoms with van der Waals surface area (Å²) in [4.78, 5) is 2.30. The molecule has 0 atom stereocenters. The number of halogens is 1. The van der Waals surface area contributed by atoms with Crippen molar-refractivity contribution in [3.63, 3.8) is 0 Å². The first kappa shape index (κ1) is 14.0. The number of nitriles is 1. The Morgan fingerprint density at radius 3 is 2.67 bits per heavy atom. The van der Waals surface area contributed by atoms with Crippen LogP contribution < -0.4 is 10.6 Å². The van der Waals surface area contributed by atoms with Crippen LogP contribution >= 0.6 is 15.9 Å². The lowest BCUT2D eigenvalue weighted by Gasteiger charge is -2.26. The lowest BCUT2D eigenvalue weighted by atomic mass is 10.1. The Morgan fingerprint density at radius 1 is 1.24 bits per heavy atom. The molecule has 3 nitrogen and oxygen atoms in total. The van der Waals surface area contributed by atoms with E-state index in [1.54, 1.807) is 0 Å². The summed E-state index contributed by atoms with van der Waals surface area (Å²) in [5.74, 6) is 0. The van der Waals surface area contributed by atoms with Crippen molar-refractivity contribution in [1.82, 2.24) is 0 Å². The van der Waals surface area contributed by atoms with E-state index in [0.29, 0.717) is 11.6 Å². The van der Waals surface area contributed by atoms with Crippen LogP contribution in [0.5, 0.6) is 0 Å². The van der Waals surface area contributed by atoms with E-state index >= 15 is 0 Å². The van der Waals surface area contributed by atoms with Gasteiger partial charge in [0, 0.05) is 22.7 Å². The van der Waals surface area contributed by atoms with Crippen molar-refractivity contribution in [3.05, 3.63) is 58.1 Å². The van der Waals surface area contributed by atoms with Crippen LogP contribution in [0.25, 0.3) is 0 Å². The van der Waals surface area contributed by atoms with E-state index in [2.05, 4.69) is 33.0 Å². The molecule has 1 aliphatic rings. The minimum Gasteiger partial charge on any atom is -0.398 e. The minimum atomic E-state index is 0.512. The quantitative estimate of drug-likeness (QED) is 0.852.